The molecule has 1 saturated carbocycles. The molecular weight excluding hydrogens is 509 g/mol. The van der Waals surface area contributed by atoms with Gasteiger partial charge in [0.15, 0.2) is 5.96 Å². The predicted octanol–water partition coefficient (Wildman–Crippen LogP) is 4.80. The fraction of sp³-hybridized carbons (Fsp3) is 0.696. The Bertz CT molecular complexity index is 618. The van der Waals surface area contributed by atoms with Gasteiger partial charge in [-0.2, -0.15) is 0 Å². The van der Waals surface area contributed by atoms with Gasteiger partial charge >= 0.3 is 0 Å². The SMILES string of the molecule is CN=C(NCC1(Sc2ccccc2)CCCC1)N1CCC(OCCCOC)CC1.I. The first-order chi connectivity index (χ1) is 14.2. The number of nitrogens with zero attached hydrogens (tertiary/aromatic N) is 2. The second-order valence-electron chi connectivity index (χ2n) is 8.11. The second-order valence-corrected chi connectivity index (χ2v) is 9.65. The Morgan fingerprint density at radius 2 is 1.87 bits per heavy atom. The molecule has 5 nitrogen and oxygen atoms in total. The van der Waals surface area contributed by atoms with Crippen LogP contribution < -0.4 is 5.32 Å². The van der Waals surface area contributed by atoms with Gasteiger partial charge in [-0.3, -0.25) is 4.99 Å². The topological polar surface area (TPSA) is 46.1 Å². The minimum absolute atomic E-state index is 0. The number of benzene rings is 1. The molecular formula is C23H38IN3O2S. The molecule has 1 aliphatic heterocycles. The summed E-state index contributed by atoms with van der Waals surface area (Å²) in [5.74, 6) is 1.04. The van der Waals surface area contributed by atoms with Crippen LogP contribution in [0.1, 0.15) is 44.9 Å². The zero-order chi connectivity index (χ0) is 20.4. The van der Waals surface area contributed by atoms with E-state index in [4.69, 9.17) is 9.47 Å². The maximum Gasteiger partial charge on any atom is 0.193 e. The molecule has 0 aromatic heterocycles. The molecule has 0 amide bonds. The Kier molecular flexibility index (Phi) is 11.8. The molecule has 3 rings (SSSR count). The number of rotatable bonds is 9. The van der Waals surface area contributed by atoms with Crippen molar-refractivity contribution in [3.05, 3.63) is 30.3 Å². The van der Waals surface area contributed by atoms with Crippen LogP contribution in [-0.4, -0.2) is 68.7 Å². The number of hydrogen-bond donors (Lipinski definition) is 1. The number of guanidine groups is 1. The molecule has 30 heavy (non-hydrogen) atoms. The van der Waals surface area contributed by atoms with Gasteiger partial charge in [0.1, 0.15) is 0 Å². The number of piperidine rings is 1. The number of hydrogen-bond acceptors (Lipinski definition) is 4. The predicted molar refractivity (Wildman–Crippen MR) is 137 cm³/mol. The Hall–Kier alpha value is -0.510. The number of nitrogens with one attached hydrogen (secondary N) is 1. The fourth-order valence-corrected chi connectivity index (χ4v) is 5.76. The average molecular weight is 548 g/mol. The van der Waals surface area contributed by atoms with E-state index in [0.29, 0.717) is 6.10 Å². The molecule has 2 fully saturated rings. The van der Waals surface area contributed by atoms with Gasteiger partial charge in [0.05, 0.1) is 6.10 Å². The smallest absolute Gasteiger partial charge is 0.193 e. The fourth-order valence-electron chi connectivity index (χ4n) is 4.33. The van der Waals surface area contributed by atoms with Crippen LogP contribution in [0.3, 0.4) is 0 Å². The number of ether oxygens (including phenoxy) is 2. The summed E-state index contributed by atoms with van der Waals surface area (Å²) in [6.45, 7) is 4.57. The number of halogens is 1. The van der Waals surface area contributed by atoms with Crippen molar-refractivity contribution in [2.24, 2.45) is 4.99 Å². The van der Waals surface area contributed by atoms with Crippen molar-refractivity contribution < 1.29 is 9.47 Å². The van der Waals surface area contributed by atoms with Gasteiger partial charge in [-0.25, -0.2) is 0 Å². The van der Waals surface area contributed by atoms with Gasteiger partial charge in [-0.1, -0.05) is 31.0 Å². The van der Waals surface area contributed by atoms with Crippen LogP contribution in [0.15, 0.2) is 40.2 Å². The Morgan fingerprint density at radius 1 is 1.17 bits per heavy atom. The quantitative estimate of drug-likeness (QED) is 0.208. The third kappa shape index (κ3) is 7.88. The Balaban J connectivity index is 0.00000320. The Morgan fingerprint density at radius 3 is 2.50 bits per heavy atom. The van der Waals surface area contributed by atoms with Crippen molar-refractivity contribution in [2.75, 3.05) is 47.0 Å². The minimum Gasteiger partial charge on any atom is -0.385 e. The normalized spacial score (nSPS) is 19.5. The molecule has 7 heteroatoms. The maximum atomic E-state index is 6.00. The van der Waals surface area contributed by atoms with E-state index in [-0.39, 0.29) is 28.7 Å². The third-order valence-electron chi connectivity index (χ3n) is 5.96. The summed E-state index contributed by atoms with van der Waals surface area (Å²) in [6, 6.07) is 10.8. The van der Waals surface area contributed by atoms with E-state index in [1.165, 1.54) is 30.6 Å². The highest BCUT2D eigenvalue weighted by atomic mass is 127. The molecule has 2 aliphatic rings. The van der Waals surface area contributed by atoms with Crippen molar-refractivity contribution in [3.63, 3.8) is 0 Å². The maximum absolute atomic E-state index is 6.00. The van der Waals surface area contributed by atoms with Gasteiger partial charge in [0.25, 0.3) is 0 Å². The minimum atomic E-state index is 0. The summed E-state index contributed by atoms with van der Waals surface area (Å²) in [6.07, 6.45) is 8.67. The van der Waals surface area contributed by atoms with Crippen LogP contribution in [-0.2, 0) is 9.47 Å². The van der Waals surface area contributed by atoms with Crippen molar-refractivity contribution in [1.29, 1.82) is 0 Å². The highest BCUT2D eigenvalue weighted by Gasteiger charge is 2.35. The molecule has 1 aromatic carbocycles. The lowest BCUT2D eigenvalue weighted by Crippen LogP contribution is -2.50. The average Bonchev–Trinajstić information content (AvgIpc) is 3.22. The van der Waals surface area contributed by atoms with Crippen LogP contribution >= 0.6 is 35.7 Å². The van der Waals surface area contributed by atoms with Crippen molar-refractivity contribution in [2.45, 2.75) is 60.7 Å². The van der Waals surface area contributed by atoms with Crippen molar-refractivity contribution in [3.8, 4) is 0 Å². The zero-order valence-electron chi connectivity index (χ0n) is 18.5. The van der Waals surface area contributed by atoms with E-state index in [1.54, 1.807) is 7.11 Å². The van der Waals surface area contributed by atoms with Crippen LogP contribution in [0, 0.1) is 0 Å². The van der Waals surface area contributed by atoms with Gasteiger partial charge in [-0.05, 0) is 44.2 Å². The van der Waals surface area contributed by atoms with Crippen LogP contribution in [0.5, 0.6) is 0 Å². The highest BCUT2D eigenvalue weighted by Crippen LogP contribution is 2.44. The first kappa shape index (κ1) is 25.7. The van der Waals surface area contributed by atoms with Gasteiger partial charge < -0.3 is 19.7 Å². The van der Waals surface area contributed by atoms with Crippen molar-refractivity contribution >= 4 is 41.7 Å². The molecule has 170 valence electrons. The lowest BCUT2D eigenvalue weighted by Gasteiger charge is -2.36. The number of methoxy groups -OCH3 is 1. The van der Waals surface area contributed by atoms with Gasteiger partial charge in [0.2, 0.25) is 0 Å². The zero-order valence-corrected chi connectivity index (χ0v) is 21.6. The van der Waals surface area contributed by atoms with E-state index in [1.807, 2.05) is 18.8 Å². The molecule has 1 aromatic rings. The van der Waals surface area contributed by atoms with E-state index in [0.717, 1.165) is 58.1 Å². The summed E-state index contributed by atoms with van der Waals surface area (Å²) < 4.78 is 11.4. The lowest BCUT2D eigenvalue weighted by molar-refractivity contribution is 0.00989. The van der Waals surface area contributed by atoms with E-state index >= 15 is 0 Å². The van der Waals surface area contributed by atoms with Crippen LogP contribution in [0.25, 0.3) is 0 Å². The molecule has 0 atom stereocenters. The second kappa shape index (κ2) is 13.8. The standard InChI is InChI=1S/C23H37N3O2S.HI/c1-24-22(26-15-11-20(12-16-26)28-18-8-17-27-2)25-19-23(13-6-7-14-23)29-21-9-4-3-5-10-21;/h3-5,9-10,20H,6-8,11-19H2,1-2H3,(H,24,25);1H. The first-order valence-electron chi connectivity index (χ1n) is 11.0. The molecule has 1 saturated heterocycles. The molecule has 1 aliphatic carbocycles. The summed E-state index contributed by atoms with van der Waals surface area (Å²) in [5, 5.41) is 3.71. The summed E-state index contributed by atoms with van der Waals surface area (Å²) in [4.78, 5) is 8.35. The monoisotopic (exact) mass is 547 g/mol. The molecule has 0 spiro atoms. The van der Waals surface area contributed by atoms with E-state index in [9.17, 15) is 0 Å². The number of thioether (sulfide) groups is 1. The van der Waals surface area contributed by atoms with Gasteiger partial charge in [-0.15, -0.1) is 35.7 Å². The molecule has 0 radical (unpaired) electrons. The van der Waals surface area contributed by atoms with Gasteiger partial charge in [0, 0.05) is 56.6 Å². The first-order valence-corrected chi connectivity index (χ1v) is 11.9. The molecule has 0 bridgehead atoms. The highest BCUT2D eigenvalue weighted by molar-refractivity contribution is 14.0. The van der Waals surface area contributed by atoms with E-state index in [2.05, 4.69) is 45.5 Å². The third-order valence-corrected chi connectivity index (χ3v) is 7.45. The lowest BCUT2D eigenvalue weighted by atomic mass is 10.1. The van der Waals surface area contributed by atoms with E-state index < -0.39 is 0 Å². The largest absolute Gasteiger partial charge is 0.385 e. The van der Waals surface area contributed by atoms with Crippen LogP contribution in [0.2, 0.25) is 0 Å². The summed E-state index contributed by atoms with van der Waals surface area (Å²) in [7, 11) is 3.65. The molecule has 1 N–H and O–H groups in total. The molecule has 1 heterocycles. The van der Waals surface area contributed by atoms with Crippen molar-refractivity contribution in [1.82, 2.24) is 10.2 Å². The summed E-state index contributed by atoms with van der Waals surface area (Å²) in [5.41, 5.74) is 0. The summed E-state index contributed by atoms with van der Waals surface area (Å²) >= 11 is 2.04. The number of likely N-dealkylation sites (tertiary alicyclic amines) is 1. The number of aliphatic imine (C=N–C) groups is 1. The molecule has 0 unspecified atom stereocenters. The van der Waals surface area contributed by atoms with Crippen LogP contribution in [0.4, 0.5) is 0 Å². The Labute approximate surface area is 203 Å².